The van der Waals surface area contributed by atoms with Crippen molar-refractivity contribution in [3.8, 4) is 6.07 Å². The van der Waals surface area contributed by atoms with E-state index in [2.05, 4.69) is 10.3 Å². The lowest BCUT2D eigenvalue weighted by molar-refractivity contribution is -0.127. The van der Waals surface area contributed by atoms with Crippen LogP contribution in [0.4, 0.5) is 0 Å². The van der Waals surface area contributed by atoms with Crippen LogP contribution < -0.4 is 5.32 Å². The molecule has 1 N–H and O–H groups in total. The van der Waals surface area contributed by atoms with E-state index >= 15 is 0 Å². The highest BCUT2D eigenvalue weighted by Crippen LogP contribution is 2.31. The smallest absolute Gasteiger partial charge is 0.266 e. The van der Waals surface area contributed by atoms with Gasteiger partial charge in [0.25, 0.3) is 11.8 Å². The molecule has 0 aliphatic carbocycles. The predicted octanol–water partition coefficient (Wildman–Crippen LogP) is 3.78. The van der Waals surface area contributed by atoms with E-state index in [-0.39, 0.29) is 17.4 Å². The van der Waals surface area contributed by atoms with Crippen molar-refractivity contribution < 1.29 is 9.59 Å². The van der Waals surface area contributed by atoms with Gasteiger partial charge in [-0.2, -0.15) is 5.26 Å². The fraction of sp³-hybridized carbons (Fsp3) is 0.217. The number of nitrogens with zero attached hydrogens (tertiary/aromatic N) is 3. The van der Waals surface area contributed by atoms with Gasteiger partial charge in [0.15, 0.2) is 0 Å². The minimum absolute atomic E-state index is 0.0000851. The zero-order valence-corrected chi connectivity index (χ0v) is 16.9. The average Bonchev–Trinajstić information content (AvgIpc) is 3.13. The van der Waals surface area contributed by atoms with Gasteiger partial charge in [0.1, 0.15) is 17.5 Å². The highest BCUT2D eigenvalue weighted by molar-refractivity contribution is 6.30. The van der Waals surface area contributed by atoms with Crippen molar-refractivity contribution in [2.75, 3.05) is 13.1 Å². The number of nitriles is 1. The third-order valence-corrected chi connectivity index (χ3v) is 5.46. The summed E-state index contributed by atoms with van der Waals surface area (Å²) in [6.45, 7) is 1.28. The van der Waals surface area contributed by atoms with Crippen molar-refractivity contribution >= 4 is 34.9 Å². The zero-order valence-electron chi connectivity index (χ0n) is 16.2. The zero-order chi connectivity index (χ0) is 21.1. The number of nitrogens with one attached hydrogen (secondary N) is 1. The first-order chi connectivity index (χ1) is 14.6. The molecule has 30 heavy (non-hydrogen) atoms. The lowest BCUT2D eigenvalue weighted by Crippen LogP contribution is -2.36. The molecule has 0 unspecified atom stereocenters. The topological polar surface area (TPSA) is 85.6 Å². The van der Waals surface area contributed by atoms with Crippen LogP contribution >= 0.6 is 11.6 Å². The minimum atomic E-state index is -0.345. The molecule has 2 aromatic rings. The summed E-state index contributed by atoms with van der Waals surface area (Å²) in [5.41, 5.74) is 2.07. The summed E-state index contributed by atoms with van der Waals surface area (Å²) in [5.74, 6) is -0.335. The maximum atomic E-state index is 13.0. The average molecular weight is 419 g/mol. The Balaban J connectivity index is 1.70. The highest BCUT2D eigenvalue weighted by Gasteiger charge is 2.29. The van der Waals surface area contributed by atoms with Crippen LogP contribution in [0.1, 0.15) is 40.7 Å². The number of benzene rings is 2. The van der Waals surface area contributed by atoms with Gasteiger partial charge in [0.05, 0.1) is 5.70 Å². The number of hydrogen-bond acceptors (Lipinski definition) is 4. The first-order valence-electron chi connectivity index (χ1n) is 9.77. The Morgan fingerprint density at radius 3 is 2.33 bits per heavy atom. The van der Waals surface area contributed by atoms with E-state index in [0.717, 1.165) is 19.3 Å². The second-order valence-corrected chi connectivity index (χ2v) is 7.59. The number of amidine groups is 1. The number of carbonyl (C=O) groups excluding carboxylic acids is 2. The molecule has 4 rings (SSSR count). The van der Waals surface area contributed by atoms with Gasteiger partial charge in [-0.25, -0.2) is 4.99 Å². The van der Waals surface area contributed by atoms with E-state index in [1.165, 1.54) is 0 Å². The van der Waals surface area contributed by atoms with E-state index in [0.29, 0.717) is 46.3 Å². The maximum Gasteiger partial charge on any atom is 0.266 e. The lowest BCUT2D eigenvalue weighted by Gasteiger charge is -2.26. The molecule has 2 heterocycles. The molecule has 150 valence electrons. The number of amides is 2. The summed E-state index contributed by atoms with van der Waals surface area (Å²) in [4.78, 5) is 31.8. The number of aliphatic imine (C=N–C) groups is 1. The lowest BCUT2D eigenvalue weighted by atomic mass is 10.0. The molecule has 1 fully saturated rings. The molecule has 0 spiro atoms. The van der Waals surface area contributed by atoms with Crippen molar-refractivity contribution in [2.45, 2.75) is 19.3 Å². The van der Waals surface area contributed by atoms with Crippen molar-refractivity contribution in [1.82, 2.24) is 10.2 Å². The number of carbonyl (C=O) groups is 2. The van der Waals surface area contributed by atoms with E-state index < -0.39 is 0 Å². The van der Waals surface area contributed by atoms with Crippen LogP contribution in [0.2, 0.25) is 5.02 Å². The Hall–Kier alpha value is -3.43. The predicted molar refractivity (Wildman–Crippen MR) is 115 cm³/mol. The molecule has 6 nitrogen and oxygen atoms in total. The summed E-state index contributed by atoms with van der Waals surface area (Å²) < 4.78 is 0. The van der Waals surface area contributed by atoms with Crippen molar-refractivity contribution in [3.05, 3.63) is 75.8 Å². The van der Waals surface area contributed by atoms with Gasteiger partial charge < -0.3 is 10.2 Å². The summed E-state index contributed by atoms with van der Waals surface area (Å²) >= 11 is 5.89. The normalized spacial score (nSPS) is 16.9. The van der Waals surface area contributed by atoms with Gasteiger partial charge in [-0.15, -0.1) is 0 Å². The van der Waals surface area contributed by atoms with Gasteiger partial charge in [0.2, 0.25) is 0 Å². The van der Waals surface area contributed by atoms with Crippen LogP contribution in [0.5, 0.6) is 0 Å². The Bertz CT molecular complexity index is 1110. The van der Waals surface area contributed by atoms with Crippen LogP contribution in [-0.4, -0.2) is 35.6 Å². The summed E-state index contributed by atoms with van der Waals surface area (Å²) in [6, 6.07) is 15.8. The third kappa shape index (κ3) is 3.85. The van der Waals surface area contributed by atoms with Crippen LogP contribution in [0, 0.1) is 11.3 Å². The van der Waals surface area contributed by atoms with E-state index in [1.54, 1.807) is 35.2 Å². The molecule has 1 saturated heterocycles. The third-order valence-electron chi connectivity index (χ3n) is 5.21. The highest BCUT2D eigenvalue weighted by atomic mass is 35.5. The van der Waals surface area contributed by atoms with E-state index in [1.807, 2.05) is 24.3 Å². The summed E-state index contributed by atoms with van der Waals surface area (Å²) in [6.07, 6.45) is 2.95. The number of halogens is 1. The van der Waals surface area contributed by atoms with Gasteiger partial charge in [-0.05, 0) is 43.5 Å². The molecular formula is C23H19ClN4O2. The van der Waals surface area contributed by atoms with Crippen molar-refractivity contribution in [3.63, 3.8) is 0 Å². The van der Waals surface area contributed by atoms with Crippen molar-refractivity contribution in [2.24, 2.45) is 4.99 Å². The molecule has 0 radical (unpaired) electrons. The van der Waals surface area contributed by atoms with Gasteiger partial charge in [-0.3, -0.25) is 9.59 Å². The van der Waals surface area contributed by atoms with Crippen LogP contribution in [0.25, 0.3) is 5.70 Å². The number of likely N-dealkylation sites (tertiary alicyclic amines) is 1. The Labute approximate surface area is 179 Å². The number of fused-ring (bicyclic) bond motifs is 1. The largest absolute Gasteiger partial charge is 0.338 e. The Kier molecular flexibility index (Phi) is 5.64. The van der Waals surface area contributed by atoms with Crippen LogP contribution in [-0.2, 0) is 4.79 Å². The fourth-order valence-corrected chi connectivity index (χ4v) is 3.78. The minimum Gasteiger partial charge on any atom is -0.338 e. The molecule has 2 amide bonds. The van der Waals surface area contributed by atoms with E-state index in [9.17, 15) is 14.9 Å². The van der Waals surface area contributed by atoms with Gasteiger partial charge in [-0.1, -0.05) is 35.9 Å². The summed E-state index contributed by atoms with van der Waals surface area (Å²) in [5, 5.41) is 13.1. The molecule has 0 saturated carbocycles. The number of rotatable bonds is 2. The standard InChI is InChI=1S/C23H19ClN4O2/c24-16-10-8-15(9-11-16)22(29)27-21-18-7-3-2-6-17(18)20(26-21)19(14-25)23(30)28-12-4-1-5-13-28/h2-3,6-11H,1,4-5,12-13H2,(H,26,27,29)/b20-19-. The molecular weight excluding hydrogens is 400 g/mol. The number of hydrogen-bond donors (Lipinski definition) is 1. The van der Waals surface area contributed by atoms with Gasteiger partial charge >= 0.3 is 0 Å². The molecule has 0 atom stereocenters. The first kappa shape index (κ1) is 19.9. The fourth-order valence-electron chi connectivity index (χ4n) is 3.65. The molecule has 2 aliphatic rings. The Morgan fingerprint density at radius 2 is 1.67 bits per heavy atom. The summed E-state index contributed by atoms with van der Waals surface area (Å²) in [7, 11) is 0. The second-order valence-electron chi connectivity index (χ2n) is 7.16. The molecule has 2 aromatic carbocycles. The van der Waals surface area contributed by atoms with Crippen LogP contribution in [0.3, 0.4) is 0 Å². The first-order valence-corrected chi connectivity index (χ1v) is 10.2. The molecule has 0 bridgehead atoms. The van der Waals surface area contributed by atoms with E-state index in [4.69, 9.17) is 11.6 Å². The maximum absolute atomic E-state index is 13.0. The molecule has 2 aliphatic heterocycles. The second kappa shape index (κ2) is 8.52. The SMILES string of the molecule is N#C/C(C(=O)N1CCCCC1)=C1/N=C(NC(=O)c2ccc(Cl)cc2)c2ccccc21. The van der Waals surface area contributed by atoms with Crippen molar-refractivity contribution in [1.29, 1.82) is 5.26 Å². The van der Waals surface area contributed by atoms with Gasteiger partial charge in [0, 0.05) is 34.8 Å². The monoisotopic (exact) mass is 418 g/mol. The molecule has 0 aromatic heterocycles. The quantitative estimate of drug-likeness (QED) is 0.594. The van der Waals surface area contributed by atoms with Crippen LogP contribution in [0.15, 0.2) is 59.1 Å². The molecule has 7 heteroatoms. The number of piperidine rings is 1. The Morgan fingerprint density at radius 1 is 1.00 bits per heavy atom.